The summed E-state index contributed by atoms with van der Waals surface area (Å²) in [7, 11) is 0. The smallest absolute Gasteiger partial charge is 0.420 e. The van der Waals surface area contributed by atoms with E-state index in [1.807, 2.05) is 0 Å². The van der Waals surface area contributed by atoms with Crippen molar-refractivity contribution in [2.45, 2.75) is 70.3 Å². The first kappa shape index (κ1) is 20.1. The minimum Gasteiger partial charge on any atom is -0.440 e. The van der Waals surface area contributed by atoms with Crippen molar-refractivity contribution in [3.05, 3.63) is 29.2 Å². The van der Waals surface area contributed by atoms with E-state index in [1.54, 1.807) is 13.8 Å². The number of aliphatic hydroxyl groups is 3. The molecule has 3 rings (SSSR count). The highest BCUT2D eigenvalue weighted by molar-refractivity contribution is 5.78. The molecule has 1 aliphatic carbocycles. The van der Waals surface area contributed by atoms with Crippen LogP contribution in [0.25, 0.3) is 11.1 Å². The first-order valence-corrected chi connectivity index (χ1v) is 8.91. The molecule has 1 heterocycles. The maximum atomic E-state index is 13.5. The third-order valence-corrected chi connectivity index (χ3v) is 4.87. The number of rotatable bonds is 5. The Bertz CT molecular complexity index is 805. The number of oxazole rings is 1. The van der Waals surface area contributed by atoms with Gasteiger partial charge in [-0.15, -0.1) is 0 Å². The van der Waals surface area contributed by atoms with Gasteiger partial charge < -0.3 is 19.7 Å². The third kappa shape index (κ3) is 4.26. The molecule has 150 valence electrons. The molecule has 1 aliphatic rings. The van der Waals surface area contributed by atoms with E-state index < -0.39 is 17.8 Å². The lowest BCUT2D eigenvalue weighted by Crippen LogP contribution is -2.52. The second kappa shape index (κ2) is 7.05. The van der Waals surface area contributed by atoms with Gasteiger partial charge in [-0.1, -0.05) is 26.7 Å². The fourth-order valence-electron chi connectivity index (χ4n) is 3.55. The molecule has 27 heavy (non-hydrogen) atoms. The van der Waals surface area contributed by atoms with Crippen molar-refractivity contribution in [2.24, 2.45) is 0 Å². The molecule has 0 atom stereocenters. The Morgan fingerprint density at radius 1 is 1.19 bits per heavy atom. The molecule has 9 heteroatoms. The highest BCUT2D eigenvalue weighted by atomic mass is 19.4. The molecule has 1 fully saturated rings. The minimum atomic E-state index is -4.66. The van der Waals surface area contributed by atoms with Crippen molar-refractivity contribution in [1.82, 2.24) is 9.88 Å². The second-order valence-electron chi connectivity index (χ2n) is 7.36. The van der Waals surface area contributed by atoms with Gasteiger partial charge in [-0.3, -0.25) is 0 Å². The largest absolute Gasteiger partial charge is 0.440 e. The van der Waals surface area contributed by atoms with Crippen molar-refractivity contribution < 1.29 is 32.9 Å². The second-order valence-corrected chi connectivity index (χ2v) is 7.36. The Morgan fingerprint density at radius 3 is 2.33 bits per heavy atom. The Morgan fingerprint density at radius 2 is 1.81 bits per heavy atom. The van der Waals surface area contributed by atoms with Crippen LogP contribution in [0, 0.1) is 0 Å². The molecule has 0 unspecified atom stereocenters. The number of halogens is 3. The normalized spacial score (nSPS) is 17.0. The molecule has 0 aliphatic heterocycles. The van der Waals surface area contributed by atoms with E-state index >= 15 is 0 Å². The molecular formula is C18H23F3N2O4. The molecular weight excluding hydrogens is 365 g/mol. The van der Waals surface area contributed by atoms with Gasteiger partial charge in [0.05, 0.1) is 0 Å². The lowest BCUT2D eigenvalue weighted by molar-refractivity contribution is -0.403. The molecule has 6 nitrogen and oxygen atoms in total. The van der Waals surface area contributed by atoms with Crippen LogP contribution < -0.4 is 0 Å². The van der Waals surface area contributed by atoms with Gasteiger partial charge in [-0.05, 0) is 30.5 Å². The van der Waals surface area contributed by atoms with Crippen molar-refractivity contribution >= 4 is 11.1 Å². The average molecular weight is 388 g/mol. The van der Waals surface area contributed by atoms with Crippen LogP contribution in [0.4, 0.5) is 13.2 Å². The Kier molecular flexibility index (Phi) is 5.24. The van der Waals surface area contributed by atoms with Crippen LogP contribution in [0.5, 0.6) is 0 Å². The van der Waals surface area contributed by atoms with Gasteiger partial charge in [0.25, 0.3) is 0 Å². The van der Waals surface area contributed by atoms with E-state index in [4.69, 9.17) is 4.42 Å². The number of fused-ring (bicyclic) bond motifs is 1. The number of alkyl halides is 3. The lowest BCUT2D eigenvalue weighted by Gasteiger charge is -2.35. The summed E-state index contributed by atoms with van der Waals surface area (Å²) in [4.78, 5) is 5.15. The maximum Gasteiger partial charge on any atom is 0.420 e. The highest BCUT2D eigenvalue weighted by Gasteiger charge is 2.39. The molecule has 1 aromatic heterocycles. The van der Waals surface area contributed by atoms with Gasteiger partial charge in [0.2, 0.25) is 0 Å². The quantitative estimate of drug-likeness (QED) is 0.681. The molecule has 0 bridgehead atoms. The van der Waals surface area contributed by atoms with Crippen LogP contribution in [0.1, 0.15) is 62.5 Å². The summed E-state index contributed by atoms with van der Waals surface area (Å²) in [5.41, 5.74) is -1.10. The average Bonchev–Trinajstić information content (AvgIpc) is 3.18. The Hall–Kier alpha value is -1.68. The summed E-state index contributed by atoms with van der Waals surface area (Å²) >= 11 is 0. The Labute approximate surface area is 154 Å². The predicted octanol–water partition coefficient (Wildman–Crippen LogP) is 3.30. The summed E-state index contributed by atoms with van der Waals surface area (Å²) in [5, 5.41) is 29.1. The molecule has 0 spiro atoms. The van der Waals surface area contributed by atoms with Crippen molar-refractivity contribution in [2.75, 3.05) is 0 Å². The van der Waals surface area contributed by atoms with Crippen LogP contribution in [-0.2, 0) is 12.7 Å². The summed E-state index contributed by atoms with van der Waals surface area (Å²) in [6, 6.07) is 2.00. The predicted molar refractivity (Wildman–Crippen MR) is 90.3 cm³/mol. The SMILES string of the molecule is CC(C)c1nc2cc(CN(C3CCCC3)C(O)(O)O)cc(C(F)(F)F)c2o1. The zero-order valence-corrected chi connectivity index (χ0v) is 15.1. The number of hydrogen-bond donors (Lipinski definition) is 3. The third-order valence-electron chi connectivity index (χ3n) is 4.87. The zero-order valence-electron chi connectivity index (χ0n) is 15.1. The topological polar surface area (TPSA) is 90.0 Å². The molecule has 3 N–H and O–H groups in total. The minimum absolute atomic E-state index is 0.0503. The van der Waals surface area contributed by atoms with Gasteiger partial charge in [-0.2, -0.15) is 13.2 Å². The maximum absolute atomic E-state index is 13.5. The van der Waals surface area contributed by atoms with Gasteiger partial charge in [0.15, 0.2) is 11.5 Å². The number of aromatic nitrogens is 1. The van der Waals surface area contributed by atoms with E-state index in [0.29, 0.717) is 12.8 Å². The van der Waals surface area contributed by atoms with Crippen LogP contribution in [-0.4, -0.2) is 37.3 Å². The molecule has 1 saturated carbocycles. The fraction of sp³-hybridized carbons (Fsp3) is 0.611. The van der Waals surface area contributed by atoms with Gasteiger partial charge in [0, 0.05) is 18.5 Å². The molecule has 2 aromatic rings. The standard InChI is InChI=1S/C18H23F3N2O4/c1-10(2)16-22-14-8-11(7-13(15(14)27-16)17(19,20)21)9-23(18(24,25)26)12-5-3-4-6-12/h7-8,10,12,24-26H,3-6,9H2,1-2H3. The first-order chi connectivity index (χ1) is 12.5. The fourth-order valence-corrected chi connectivity index (χ4v) is 3.55. The van der Waals surface area contributed by atoms with Crippen molar-refractivity contribution in [3.8, 4) is 0 Å². The van der Waals surface area contributed by atoms with Crippen LogP contribution in [0.15, 0.2) is 16.5 Å². The summed E-state index contributed by atoms with van der Waals surface area (Å²) in [6.07, 6.45) is -4.82. The summed E-state index contributed by atoms with van der Waals surface area (Å²) in [6.45, 7) is 3.26. The van der Waals surface area contributed by atoms with Crippen LogP contribution in [0.2, 0.25) is 0 Å². The van der Waals surface area contributed by atoms with E-state index in [-0.39, 0.29) is 41.1 Å². The molecule has 0 saturated heterocycles. The number of nitrogens with zero attached hydrogens (tertiary/aromatic N) is 2. The van der Waals surface area contributed by atoms with Gasteiger partial charge >= 0.3 is 12.3 Å². The zero-order chi connectivity index (χ0) is 20.0. The van der Waals surface area contributed by atoms with Gasteiger partial charge in [-0.25, -0.2) is 9.88 Å². The summed E-state index contributed by atoms with van der Waals surface area (Å²) < 4.78 is 45.9. The van der Waals surface area contributed by atoms with Crippen molar-refractivity contribution in [3.63, 3.8) is 0 Å². The molecule has 1 aromatic carbocycles. The Balaban J connectivity index is 2.05. The first-order valence-electron chi connectivity index (χ1n) is 8.91. The van der Waals surface area contributed by atoms with Crippen LogP contribution in [0.3, 0.4) is 0 Å². The van der Waals surface area contributed by atoms with Gasteiger partial charge in [0.1, 0.15) is 11.1 Å². The number of benzene rings is 1. The number of hydrogen-bond acceptors (Lipinski definition) is 6. The van der Waals surface area contributed by atoms with Crippen LogP contribution >= 0.6 is 0 Å². The monoisotopic (exact) mass is 388 g/mol. The summed E-state index contributed by atoms with van der Waals surface area (Å²) in [5.74, 6) is 0.0121. The lowest BCUT2D eigenvalue weighted by atomic mass is 10.1. The van der Waals surface area contributed by atoms with Crippen molar-refractivity contribution in [1.29, 1.82) is 0 Å². The van der Waals surface area contributed by atoms with E-state index in [2.05, 4.69) is 4.98 Å². The van der Waals surface area contributed by atoms with E-state index in [0.717, 1.165) is 23.8 Å². The van der Waals surface area contributed by atoms with E-state index in [9.17, 15) is 28.5 Å². The molecule has 0 radical (unpaired) electrons. The molecule has 0 amide bonds. The highest BCUT2D eigenvalue weighted by Crippen LogP contribution is 2.38. The van der Waals surface area contributed by atoms with E-state index in [1.165, 1.54) is 6.07 Å².